The fourth-order valence-electron chi connectivity index (χ4n) is 1.55. The van der Waals surface area contributed by atoms with Gasteiger partial charge in [0.05, 0.1) is 0 Å². The average Bonchev–Trinajstić information content (AvgIpc) is 2.43. The van der Waals surface area contributed by atoms with Gasteiger partial charge in [0.15, 0.2) is 0 Å². The lowest BCUT2D eigenvalue weighted by Crippen LogP contribution is -2.38. The van der Waals surface area contributed by atoms with Crippen LogP contribution in [0.4, 0.5) is 0 Å². The first-order valence-electron chi connectivity index (χ1n) is 6.30. The summed E-state index contributed by atoms with van der Waals surface area (Å²) in [5, 5.41) is 8.60. The maximum absolute atomic E-state index is 12.2. The molecule has 1 aromatic heterocycles. The third-order valence-corrected chi connectivity index (χ3v) is 3.19. The van der Waals surface area contributed by atoms with E-state index in [4.69, 9.17) is 5.11 Å². The number of aliphatic hydroxyl groups excluding tert-OH is 1. The number of carbonyl (C=O) groups is 1. The molecule has 1 atom stereocenters. The molecule has 1 aromatic rings. The van der Waals surface area contributed by atoms with Crippen LogP contribution >= 0.6 is 0 Å². The standard InChI is InChI=1S/C15H20N2O2/c1-11(2)12(3)17(4)15(19)14-8-7-13(10-16-14)6-5-9-18/h7-8,10-12,18H,9H2,1-4H3. The first kappa shape index (κ1) is 15.2. The molecule has 0 saturated heterocycles. The van der Waals surface area contributed by atoms with Crippen molar-refractivity contribution in [1.82, 2.24) is 9.88 Å². The molecule has 102 valence electrons. The molecule has 0 radical (unpaired) electrons. The van der Waals surface area contributed by atoms with E-state index >= 15 is 0 Å². The Morgan fingerprint density at radius 3 is 2.58 bits per heavy atom. The van der Waals surface area contributed by atoms with Gasteiger partial charge in [-0.15, -0.1) is 0 Å². The van der Waals surface area contributed by atoms with Gasteiger partial charge in [0.2, 0.25) is 0 Å². The Morgan fingerprint density at radius 1 is 1.42 bits per heavy atom. The van der Waals surface area contributed by atoms with E-state index in [9.17, 15) is 4.79 Å². The summed E-state index contributed by atoms with van der Waals surface area (Å²) in [6.07, 6.45) is 1.55. The fourth-order valence-corrected chi connectivity index (χ4v) is 1.55. The Balaban J connectivity index is 2.83. The molecule has 4 heteroatoms. The molecule has 0 spiro atoms. The molecular formula is C15H20N2O2. The zero-order valence-electron chi connectivity index (χ0n) is 11.8. The minimum Gasteiger partial charge on any atom is -0.384 e. The summed E-state index contributed by atoms with van der Waals surface area (Å²) in [7, 11) is 1.79. The lowest BCUT2D eigenvalue weighted by Gasteiger charge is -2.27. The van der Waals surface area contributed by atoms with Gasteiger partial charge in [-0.25, -0.2) is 4.98 Å². The molecule has 0 fully saturated rings. The molecular weight excluding hydrogens is 240 g/mol. The second-order valence-electron chi connectivity index (χ2n) is 4.79. The lowest BCUT2D eigenvalue weighted by molar-refractivity contribution is 0.0701. The summed E-state index contributed by atoms with van der Waals surface area (Å²) in [6, 6.07) is 3.55. The van der Waals surface area contributed by atoms with E-state index in [1.54, 1.807) is 30.3 Å². The Hall–Kier alpha value is -1.86. The maximum Gasteiger partial charge on any atom is 0.272 e. The zero-order chi connectivity index (χ0) is 14.4. The van der Waals surface area contributed by atoms with Crippen LogP contribution in [-0.4, -0.2) is 40.6 Å². The SMILES string of the molecule is CC(C)C(C)N(C)C(=O)c1ccc(C#CCO)cn1. The van der Waals surface area contributed by atoms with Gasteiger partial charge in [-0.2, -0.15) is 0 Å². The third-order valence-electron chi connectivity index (χ3n) is 3.19. The van der Waals surface area contributed by atoms with Crippen molar-refractivity contribution in [3.63, 3.8) is 0 Å². The quantitative estimate of drug-likeness (QED) is 0.839. The molecule has 19 heavy (non-hydrogen) atoms. The predicted octanol–water partition coefficient (Wildman–Crippen LogP) is 1.54. The minimum absolute atomic E-state index is 0.0946. The van der Waals surface area contributed by atoms with Crippen molar-refractivity contribution in [3.8, 4) is 11.8 Å². The molecule has 0 aliphatic carbocycles. The molecule has 1 amide bonds. The minimum atomic E-state index is -0.185. The second kappa shape index (κ2) is 6.91. The van der Waals surface area contributed by atoms with E-state index in [2.05, 4.69) is 30.7 Å². The van der Waals surface area contributed by atoms with Gasteiger partial charge in [0.1, 0.15) is 12.3 Å². The highest BCUT2D eigenvalue weighted by Crippen LogP contribution is 2.11. The average molecular weight is 260 g/mol. The monoisotopic (exact) mass is 260 g/mol. The van der Waals surface area contributed by atoms with Gasteiger partial charge in [-0.1, -0.05) is 25.7 Å². The van der Waals surface area contributed by atoms with E-state index in [1.165, 1.54) is 0 Å². The van der Waals surface area contributed by atoms with Crippen LogP contribution in [0.25, 0.3) is 0 Å². The molecule has 4 nitrogen and oxygen atoms in total. The third kappa shape index (κ3) is 4.08. The molecule has 1 unspecified atom stereocenters. The topological polar surface area (TPSA) is 53.4 Å². The zero-order valence-corrected chi connectivity index (χ0v) is 11.8. The van der Waals surface area contributed by atoms with E-state index in [0.717, 1.165) is 0 Å². The summed E-state index contributed by atoms with van der Waals surface area (Å²) >= 11 is 0. The highest BCUT2D eigenvalue weighted by atomic mass is 16.2. The Bertz CT molecular complexity index is 483. The number of pyridine rings is 1. The van der Waals surface area contributed by atoms with Crippen molar-refractivity contribution in [2.45, 2.75) is 26.8 Å². The van der Waals surface area contributed by atoms with Gasteiger partial charge in [-0.05, 0) is 25.0 Å². The molecule has 1 rings (SSSR count). The molecule has 0 aliphatic heterocycles. The Kier molecular flexibility index (Phi) is 5.53. The highest BCUT2D eigenvalue weighted by molar-refractivity contribution is 5.92. The van der Waals surface area contributed by atoms with E-state index in [0.29, 0.717) is 17.2 Å². The number of nitrogens with zero attached hydrogens (tertiary/aromatic N) is 2. The van der Waals surface area contributed by atoms with Crippen molar-refractivity contribution in [2.75, 3.05) is 13.7 Å². The first-order chi connectivity index (χ1) is 8.97. The van der Waals surface area contributed by atoms with Crippen LogP contribution in [0.5, 0.6) is 0 Å². The largest absolute Gasteiger partial charge is 0.384 e. The number of rotatable bonds is 3. The summed E-state index contributed by atoms with van der Waals surface area (Å²) in [5.74, 6) is 5.58. The summed E-state index contributed by atoms with van der Waals surface area (Å²) < 4.78 is 0. The molecule has 0 bridgehead atoms. The van der Waals surface area contributed by atoms with Gasteiger partial charge in [0.25, 0.3) is 5.91 Å². The smallest absolute Gasteiger partial charge is 0.272 e. The summed E-state index contributed by atoms with van der Waals surface area (Å²) in [5.41, 5.74) is 1.09. The first-order valence-corrected chi connectivity index (χ1v) is 6.30. The summed E-state index contributed by atoms with van der Waals surface area (Å²) in [6.45, 7) is 5.99. The van der Waals surface area contributed by atoms with E-state index in [-0.39, 0.29) is 18.6 Å². The predicted molar refractivity (Wildman–Crippen MR) is 74.6 cm³/mol. The van der Waals surface area contributed by atoms with E-state index in [1.807, 2.05) is 6.92 Å². The van der Waals surface area contributed by atoms with Crippen LogP contribution in [0.3, 0.4) is 0 Å². The summed E-state index contributed by atoms with van der Waals surface area (Å²) in [4.78, 5) is 18.0. The maximum atomic E-state index is 12.2. The van der Waals surface area contributed by atoms with Crippen molar-refractivity contribution < 1.29 is 9.90 Å². The van der Waals surface area contributed by atoms with Crippen molar-refractivity contribution in [2.24, 2.45) is 5.92 Å². The number of hydrogen-bond donors (Lipinski definition) is 1. The van der Waals surface area contributed by atoms with Crippen LogP contribution in [0.2, 0.25) is 0 Å². The van der Waals surface area contributed by atoms with Crippen molar-refractivity contribution >= 4 is 5.91 Å². The number of carbonyl (C=O) groups excluding carboxylic acids is 1. The van der Waals surface area contributed by atoms with Gasteiger partial charge >= 0.3 is 0 Å². The number of hydrogen-bond acceptors (Lipinski definition) is 3. The molecule has 1 heterocycles. The van der Waals surface area contributed by atoms with Crippen LogP contribution in [0.15, 0.2) is 18.3 Å². The molecule has 1 N–H and O–H groups in total. The van der Waals surface area contributed by atoms with Crippen molar-refractivity contribution in [1.29, 1.82) is 0 Å². The van der Waals surface area contributed by atoms with Crippen LogP contribution in [0.1, 0.15) is 36.8 Å². The fraction of sp³-hybridized carbons (Fsp3) is 0.467. The highest BCUT2D eigenvalue weighted by Gasteiger charge is 2.20. The van der Waals surface area contributed by atoms with Gasteiger partial charge in [-0.3, -0.25) is 4.79 Å². The number of aliphatic hydroxyl groups is 1. The van der Waals surface area contributed by atoms with Gasteiger partial charge < -0.3 is 10.0 Å². The lowest BCUT2D eigenvalue weighted by atomic mass is 10.0. The van der Waals surface area contributed by atoms with Crippen LogP contribution < -0.4 is 0 Å². The van der Waals surface area contributed by atoms with Gasteiger partial charge in [0, 0.05) is 24.8 Å². The molecule has 0 aromatic carbocycles. The molecule has 0 saturated carbocycles. The van der Waals surface area contributed by atoms with Crippen LogP contribution in [-0.2, 0) is 0 Å². The molecule has 0 aliphatic rings. The Morgan fingerprint density at radius 2 is 2.11 bits per heavy atom. The normalized spacial score (nSPS) is 11.7. The van der Waals surface area contributed by atoms with Crippen LogP contribution in [0, 0.1) is 17.8 Å². The number of aromatic nitrogens is 1. The van der Waals surface area contributed by atoms with E-state index < -0.39 is 0 Å². The number of amides is 1. The second-order valence-corrected chi connectivity index (χ2v) is 4.79. The van der Waals surface area contributed by atoms with Crippen molar-refractivity contribution in [3.05, 3.63) is 29.6 Å². The Labute approximate surface area is 114 Å².